The summed E-state index contributed by atoms with van der Waals surface area (Å²) in [5.41, 5.74) is 0. The van der Waals surface area contributed by atoms with Gasteiger partial charge in [0.15, 0.2) is 0 Å². The first-order chi connectivity index (χ1) is 8.75. The fraction of sp³-hybridized carbons (Fsp3) is 1.00. The quantitative estimate of drug-likeness (QED) is 0.730. The van der Waals surface area contributed by atoms with Gasteiger partial charge in [0.2, 0.25) is 0 Å². The van der Waals surface area contributed by atoms with Crippen LogP contribution in [0.5, 0.6) is 0 Å². The van der Waals surface area contributed by atoms with Gasteiger partial charge in [-0.1, -0.05) is 32.1 Å². The molecule has 0 radical (unpaired) electrons. The molecular weight excluding hydrogens is 220 g/mol. The van der Waals surface area contributed by atoms with Crippen LogP contribution < -0.4 is 5.32 Å². The summed E-state index contributed by atoms with van der Waals surface area (Å²) in [7, 11) is 0. The fourth-order valence-corrected chi connectivity index (χ4v) is 3.59. The lowest BCUT2D eigenvalue weighted by Crippen LogP contribution is -2.31. The average Bonchev–Trinajstić information content (AvgIpc) is 2.85. The molecule has 1 unspecified atom stereocenters. The average molecular weight is 252 g/mol. The minimum Gasteiger partial charge on any atom is -0.316 e. The molecule has 1 heterocycles. The van der Waals surface area contributed by atoms with Gasteiger partial charge in [-0.2, -0.15) is 0 Å². The third kappa shape index (κ3) is 4.55. The number of likely N-dealkylation sites (tertiary alicyclic amines) is 1. The van der Waals surface area contributed by atoms with Gasteiger partial charge in [0.25, 0.3) is 0 Å². The molecule has 1 saturated heterocycles. The van der Waals surface area contributed by atoms with E-state index in [4.69, 9.17) is 0 Å². The molecule has 2 nitrogen and oxygen atoms in total. The minimum absolute atomic E-state index is 0.734. The highest BCUT2D eigenvalue weighted by Gasteiger charge is 2.23. The standard InChI is InChI=1S/C16H32N2/c1-14(2)18-11-9-16(13-18)12-17-10-8-15-6-4-3-5-7-15/h14-17H,3-13H2,1-2H3. The van der Waals surface area contributed by atoms with Crippen LogP contribution in [0.25, 0.3) is 0 Å². The van der Waals surface area contributed by atoms with E-state index in [9.17, 15) is 0 Å². The Morgan fingerprint density at radius 1 is 1.06 bits per heavy atom. The Kier molecular flexibility index (Phi) is 5.97. The number of rotatable bonds is 6. The molecule has 1 atom stereocenters. The van der Waals surface area contributed by atoms with E-state index in [2.05, 4.69) is 24.1 Å². The second-order valence-corrected chi connectivity index (χ2v) is 6.74. The van der Waals surface area contributed by atoms with Crippen LogP contribution in [-0.4, -0.2) is 37.1 Å². The van der Waals surface area contributed by atoms with Crippen molar-refractivity contribution >= 4 is 0 Å². The van der Waals surface area contributed by atoms with Crippen molar-refractivity contribution < 1.29 is 0 Å². The molecule has 0 spiro atoms. The van der Waals surface area contributed by atoms with Gasteiger partial charge in [-0.3, -0.25) is 0 Å². The van der Waals surface area contributed by atoms with E-state index < -0.39 is 0 Å². The van der Waals surface area contributed by atoms with E-state index >= 15 is 0 Å². The first-order valence-corrected chi connectivity index (χ1v) is 8.20. The molecular formula is C16H32N2. The van der Waals surface area contributed by atoms with E-state index in [1.165, 1.54) is 71.1 Å². The number of nitrogens with one attached hydrogen (secondary N) is 1. The SMILES string of the molecule is CC(C)N1CCC(CNCCC2CCCCC2)C1. The summed E-state index contributed by atoms with van der Waals surface area (Å²) in [5.74, 6) is 1.93. The Morgan fingerprint density at radius 3 is 2.50 bits per heavy atom. The molecule has 0 bridgehead atoms. The Morgan fingerprint density at radius 2 is 1.83 bits per heavy atom. The summed E-state index contributed by atoms with van der Waals surface area (Å²) in [6.45, 7) is 9.76. The van der Waals surface area contributed by atoms with Crippen LogP contribution in [0.15, 0.2) is 0 Å². The van der Waals surface area contributed by atoms with Crippen molar-refractivity contribution in [1.82, 2.24) is 10.2 Å². The van der Waals surface area contributed by atoms with Crippen LogP contribution in [0.3, 0.4) is 0 Å². The molecule has 2 rings (SSSR count). The monoisotopic (exact) mass is 252 g/mol. The molecule has 1 aliphatic heterocycles. The van der Waals surface area contributed by atoms with Gasteiger partial charge >= 0.3 is 0 Å². The summed E-state index contributed by atoms with van der Waals surface area (Å²) in [6.07, 6.45) is 10.2. The summed E-state index contributed by atoms with van der Waals surface area (Å²) in [6, 6.07) is 0.734. The van der Waals surface area contributed by atoms with E-state index in [1.807, 2.05) is 0 Å². The molecule has 106 valence electrons. The molecule has 0 amide bonds. The lowest BCUT2D eigenvalue weighted by atomic mass is 9.87. The van der Waals surface area contributed by atoms with Crippen LogP contribution in [0.4, 0.5) is 0 Å². The first-order valence-electron chi connectivity index (χ1n) is 8.20. The van der Waals surface area contributed by atoms with Gasteiger partial charge in [0.1, 0.15) is 0 Å². The molecule has 2 fully saturated rings. The molecule has 0 aromatic heterocycles. The van der Waals surface area contributed by atoms with Crippen LogP contribution >= 0.6 is 0 Å². The molecule has 1 saturated carbocycles. The topological polar surface area (TPSA) is 15.3 Å². The Balaban J connectivity index is 1.51. The minimum atomic E-state index is 0.734. The summed E-state index contributed by atoms with van der Waals surface area (Å²) < 4.78 is 0. The lowest BCUT2D eigenvalue weighted by Gasteiger charge is -2.22. The van der Waals surface area contributed by atoms with E-state index in [0.717, 1.165) is 17.9 Å². The Labute approximate surface area is 114 Å². The summed E-state index contributed by atoms with van der Waals surface area (Å²) in [4.78, 5) is 2.62. The predicted molar refractivity (Wildman–Crippen MR) is 78.9 cm³/mol. The van der Waals surface area contributed by atoms with Crippen LogP contribution in [0.2, 0.25) is 0 Å². The molecule has 0 aromatic carbocycles. The van der Waals surface area contributed by atoms with Gasteiger partial charge < -0.3 is 10.2 Å². The molecule has 2 heteroatoms. The Hall–Kier alpha value is -0.0800. The smallest absolute Gasteiger partial charge is 0.00387 e. The maximum Gasteiger partial charge on any atom is 0.00387 e. The summed E-state index contributed by atoms with van der Waals surface area (Å²) >= 11 is 0. The normalized spacial score (nSPS) is 27.2. The van der Waals surface area contributed by atoms with Crippen molar-refractivity contribution in [3.05, 3.63) is 0 Å². The lowest BCUT2D eigenvalue weighted by molar-refractivity contribution is 0.263. The number of hydrogen-bond acceptors (Lipinski definition) is 2. The largest absolute Gasteiger partial charge is 0.316 e. The van der Waals surface area contributed by atoms with Crippen molar-refractivity contribution in [3.63, 3.8) is 0 Å². The predicted octanol–water partition coefficient (Wildman–Crippen LogP) is 3.28. The van der Waals surface area contributed by atoms with Gasteiger partial charge in [-0.05, 0) is 58.2 Å². The van der Waals surface area contributed by atoms with E-state index in [-0.39, 0.29) is 0 Å². The van der Waals surface area contributed by atoms with Crippen molar-refractivity contribution in [2.75, 3.05) is 26.2 Å². The van der Waals surface area contributed by atoms with Crippen LogP contribution in [0, 0.1) is 11.8 Å². The Bertz CT molecular complexity index is 221. The number of hydrogen-bond donors (Lipinski definition) is 1. The zero-order chi connectivity index (χ0) is 12.8. The fourth-order valence-electron chi connectivity index (χ4n) is 3.59. The molecule has 1 aliphatic carbocycles. The zero-order valence-electron chi connectivity index (χ0n) is 12.5. The zero-order valence-corrected chi connectivity index (χ0v) is 12.5. The molecule has 0 aromatic rings. The molecule has 1 N–H and O–H groups in total. The van der Waals surface area contributed by atoms with Crippen molar-refractivity contribution in [2.24, 2.45) is 11.8 Å². The molecule has 2 aliphatic rings. The van der Waals surface area contributed by atoms with Crippen LogP contribution in [0.1, 0.15) is 58.8 Å². The number of nitrogens with zero attached hydrogens (tertiary/aromatic N) is 1. The van der Waals surface area contributed by atoms with Crippen LogP contribution in [-0.2, 0) is 0 Å². The highest BCUT2D eigenvalue weighted by Crippen LogP contribution is 2.25. The van der Waals surface area contributed by atoms with Gasteiger partial charge in [0.05, 0.1) is 0 Å². The van der Waals surface area contributed by atoms with E-state index in [1.54, 1.807) is 0 Å². The highest BCUT2D eigenvalue weighted by molar-refractivity contribution is 4.79. The van der Waals surface area contributed by atoms with Crippen molar-refractivity contribution in [2.45, 2.75) is 64.8 Å². The third-order valence-corrected chi connectivity index (χ3v) is 4.93. The third-order valence-electron chi connectivity index (χ3n) is 4.93. The van der Waals surface area contributed by atoms with Gasteiger partial charge in [-0.15, -0.1) is 0 Å². The van der Waals surface area contributed by atoms with E-state index in [0.29, 0.717) is 0 Å². The maximum atomic E-state index is 3.71. The van der Waals surface area contributed by atoms with Crippen molar-refractivity contribution in [3.8, 4) is 0 Å². The maximum absolute atomic E-state index is 3.71. The summed E-state index contributed by atoms with van der Waals surface area (Å²) in [5, 5.41) is 3.71. The second-order valence-electron chi connectivity index (χ2n) is 6.74. The van der Waals surface area contributed by atoms with Crippen molar-refractivity contribution in [1.29, 1.82) is 0 Å². The molecule has 18 heavy (non-hydrogen) atoms. The van der Waals surface area contributed by atoms with Gasteiger partial charge in [-0.25, -0.2) is 0 Å². The first kappa shape index (κ1) is 14.3. The second kappa shape index (κ2) is 7.49. The van der Waals surface area contributed by atoms with Gasteiger partial charge in [0, 0.05) is 12.6 Å². The highest BCUT2D eigenvalue weighted by atomic mass is 15.2.